The molecule has 9 aromatic rings. The number of rotatable bonds is 3. The fraction of sp³-hybridized carbons (Fsp3) is 0.360. The molecule has 2 atom stereocenters. The van der Waals surface area contributed by atoms with E-state index in [1.807, 2.05) is 0 Å². The number of aryl methyl sites for hydroxylation is 2. The molecule has 5 heteroatoms. The molecule has 0 N–H and O–H groups in total. The van der Waals surface area contributed by atoms with Crippen LogP contribution in [-0.2, 0) is 32.5 Å². The number of fused-ring (bicyclic) bond motifs is 13. The third-order valence-corrected chi connectivity index (χ3v) is 21.7. The lowest BCUT2D eigenvalue weighted by Crippen LogP contribution is -2.61. The highest BCUT2D eigenvalue weighted by molar-refractivity contribution is 7.00. The van der Waals surface area contributed by atoms with Crippen molar-refractivity contribution in [1.29, 1.82) is 0 Å². The van der Waals surface area contributed by atoms with E-state index in [4.69, 9.17) is 4.42 Å². The van der Waals surface area contributed by atoms with Gasteiger partial charge < -0.3 is 19.1 Å². The summed E-state index contributed by atoms with van der Waals surface area (Å²) in [5.41, 5.74) is 29.6. The van der Waals surface area contributed by atoms with Crippen LogP contribution in [0.2, 0.25) is 0 Å². The lowest BCUT2D eigenvalue weighted by atomic mass is 9.33. The van der Waals surface area contributed by atoms with Crippen molar-refractivity contribution in [1.82, 2.24) is 0 Å². The Balaban J connectivity index is 1.05. The maximum absolute atomic E-state index is 6.73. The first-order valence-electron chi connectivity index (χ1n) is 30.0. The molecule has 0 saturated heterocycles. The minimum absolute atomic E-state index is 0.000766. The van der Waals surface area contributed by atoms with Gasteiger partial charge in [0.15, 0.2) is 0 Å². The topological polar surface area (TPSA) is 22.9 Å². The van der Waals surface area contributed by atoms with Gasteiger partial charge in [-0.2, -0.15) is 0 Å². The van der Waals surface area contributed by atoms with Gasteiger partial charge in [0.05, 0.1) is 16.6 Å². The largest absolute Gasteiger partial charge is 0.456 e. The number of benzene rings is 8. The Morgan fingerprint density at radius 3 is 1.80 bits per heavy atom. The van der Waals surface area contributed by atoms with Gasteiger partial charge in [0.25, 0.3) is 6.71 Å². The number of furan rings is 1. The second-order valence-corrected chi connectivity index (χ2v) is 29.3. The standard InChI is InChI=1S/C75H78BN3O/c1-44-35-63-68-64(36-44)78(60-42-54-53(37-45(60)2)72(10,11)49-24-17-18-25-50(49)73(54,12)13)61-39-47(79-58-32-29-46(69(3,4)5)38-55(58)74(14)33-20-21-34-75(74,79)15)30-31-56(61)76(68)57-40-51-52(71(8,9)43-70(51,6)7)41-62(57)77(63)59-26-22-28-66-67(59)48-23-16-19-27-65(48)80-66/h16-19,22-32,35-42H,20-21,33-34,43H2,1-15H3. The highest BCUT2D eigenvalue weighted by atomic mass is 16.3. The summed E-state index contributed by atoms with van der Waals surface area (Å²) < 4.78 is 6.73. The van der Waals surface area contributed by atoms with E-state index in [2.05, 4.69) is 258 Å². The summed E-state index contributed by atoms with van der Waals surface area (Å²) in [7, 11) is 0. The number of hydrogen-bond acceptors (Lipinski definition) is 4. The molecule has 6 aliphatic rings. The van der Waals surface area contributed by atoms with Gasteiger partial charge in [-0.3, -0.25) is 0 Å². The van der Waals surface area contributed by atoms with Gasteiger partial charge in [0, 0.05) is 61.4 Å². The Morgan fingerprint density at radius 2 is 1.09 bits per heavy atom. The van der Waals surface area contributed by atoms with E-state index in [0.717, 1.165) is 40.5 Å². The average molecular weight is 1050 g/mol. The maximum atomic E-state index is 6.73. The molecule has 1 aromatic heterocycles. The second kappa shape index (κ2) is 15.9. The summed E-state index contributed by atoms with van der Waals surface area (Å²) in [6, 6.07) is 55.3. The second-order valence-electron chi connectivity index (χ2n) is 29.3. The van der Waals surface area contributed by atoms with Crippen molar-refractivity contribution >= 4 is 90.5 Å². The van der Waals surface area contributed by atoms with Crippen molar-refractivity contribution in [2.75, 3.05) is 14.7 Å². The molecule has 4 heterocycles. The molecule has 3 aliphatic carbocycles. The van der Waals surface area contributed by atoms with E-state index in [0.29, 0.717) is 0 Å². The van der Waals surface area contributed by atoms with Gasteiger partial charge in [-0.05, 0) is 189 Å². The Hall–Kier alpha value is -6.98. The normalized spacial score (nSPS) is 22.1. The van der Waals surface area contributed by atoms with Gasteiger partial charge in [-0.25, -0.2) is 0 Å². The summed E-state index contributed by atoms with van der Waals surface area (Å²) in [5.74, 6) is 0. The first kappa shape index (κ1) is 50.0. The number of anilines is 8. The molecule has 0 bridgehead atoms. The average Bonchev–Trinajstić information content (AvgIpc) is 3.45. The van der Waals surface area contributed by atoms with Crippen molar-refractivity contribution in [3.63, 3.8) is 0 Å². The summed E-state index contributed by atoms with van der Waals surface area (Å²) in [4.78, 5) is 8.21. The first-order chi connectivity index (χ1) is 37.8. The van der Waals surface area contributed by atoms with E-state index >= 15 is 0 Å². The molecule has 1 fully saturated rings. The highest BCUT2D eigenvalue weighted by Crippen LogP contribution is 2.63. The molecule has 8 aromatic carbocycles. The summed E-state index contributed by atoms with van der Waals surface area (Å²) in [6.45, 7) is 36.7. The predicted molar refractivity (Wildman–Crippen MR) is 340 cm³/mol. The van der Waals surface area contributed by atoms with Crippen LogP contribution in [0.15, 0.2) is 144 Å². The zero-order valence-corrected chi connectivity index (χ0v) is 50.1. The summed E-state index contributed by atoms with van der Waals surface area (Å²) >= 11 is 0. The molecule has 2 unspecified atom stereocenters. The molecule has 1 saturated carbocycles. The minimum Gasteiger partial charge on any atom is -0.456 e. The summed E-state index contributed by atoms with van der Waals surface area (Å²) in [6.07, 6.45) is 5.91. The van der Waals surface area contributed by atoms with E-state index in [1.54, 1.807) is 0 Å². The lowest BCUT2D eigenvalue weighted by Gasteiger charge is -2.51. The monoisotopic (exact) mass is 1050 g/mol. The van der Waals surface area contributed by atoms with Crippen LogP contribution in [0.3, 0.4) is 0 Å². The van der Waals surface area contributed by atoms with E-state index in [-0.39, 0.29) is 44.7 Å². The number of para-hydroxylation sites is 1. The van der Waals surface area contributed by atoms with Crippen LogP contribution < -0.4 is 31.1 Å². The minimum atomic E-state index is -0.229. The third-order valence-electron chi connectivity index (χ3n) is 21.7. The van der Waals surface area contributed by atoms with E-state index < -0.39 is 0 Å². The van der Waals surface area contributed by atoms with E-state index in [1.165, 1.54) is 131 Å². The van der Waals surface area contributed by atoms with Gasteiger partial charge >= 0.3 is 0 Å². The zero-order valence-electron chi connectivity index (χ0n) is 50.1. The molecule has 80 heavy (non-hydrogen) atoms. The van der Waals surface area contributed by atoms with Gasteiger partial charge in [-0.15, -0.1) is 0 Å². The molecule has 15 rings (SSSR count). The van der Waals surface area contributed by atoms with Crippen LogP contribution in [0.5, 0.6) is 0 Å². The smallest absolute Gasteiger partial charge is 0.252 e. The molecular weight excluding hydrogens is 970 g/mol. The highest BCUT2D eigenvalue weighted by Gasteiger charge is 2.58. The van der Waals surface area contributed by atoms with Crippen LogP contribution in [-0.4, -0.2) is 12.3 Å². The molecule has 0 spiro atoms. The molecule has 402 valence electrons. The van der Waals surface area contributed by atoms with Crippen molar-refractivity contribution in [2.24, 2.45) is 0 Å². The Bertz CT molecular complexity index is 4200. The van der Waals surface area contributed by atoms with Crippen molar-refractivity contribution in [2.45, 2.75) is 174 Å². The molecule has 4 nitrogen and oxygen atoms in total. The van der Waals surface area contributed by atoms with Crippen molar-refractivity contribution < 1.29 is 4.42 Å². The molecule has 0 amide bonds. The van der Waals surface area contributed by atoms with Crippen LogP contribution in [0.25, 0.3) is 21.9 Å². The maximum Gasteiger partial charge on any atom is 0.252 e. The SMILES string of the molecule is Cc1cc2c3c(c1)N(c1cccc4oc5ccccc5c14)c1cc4c(cc1B3c1ccc(N3c5ccc(C(C)(C)C)cc5C5(C)CCCCC35C)cc1N2c1cc2c(cc1C)C(C)(C)c1ccccc1C2(C)C)C(C)(C)CC4(C)C. The van der Waals surface area contributed by atoms with Crippen LogP contribution in [0.4, 0.5) is 45.5 Å². The van der Waals surface area contributed by atoms with Crippen molar-refractivity contribution in [3.05, 3.63) is 195 Å². The fourth-order valence-corrected chi connectivity index (χ4v) is 17.6. The Labute approximate surface area is 476 Å². The number of hydrogen-bond donors (Lipinski definition) is 0. The molecule has 0 radical (unpaired) electrons. The zero-order chi connectivity index (χ0) is 55.7. The van der Waals surface area contributed by atoms with Gasteiger partial charge in [0.2, 0.25) is 0 Å². The fourth-order valence-electron chi connectivity index (χ4n) is 17.6. The molecule has 3 aliphatic heterocycles. The Kier molecular flexibility index (Phi) is 9.96. The number of nitrogens with zero attached hydrogens (tertiary/aromatic N) is 3. The van der Waals surface area contributed by atoms with Crippen LogP contribution >= 0.6 is 0 Å². The van der Waals surface area contributed by atoms with Crippen LogP contribution in [0.1, 0.15) is 178 Å². The quantitative estimate of drug-likeness (QED) is 0.165. The Morgan fingerprint density at radius 1 is 0.475 bits per heavy atom. The summed E-state index contributed by atoms with van der Waals surface area (Å²) in [5, 5.41) is 2.29. The van der Waals surface area contributed by atoms with Gasteiger partial charge in [0.1, 0.15) is 11.2 Å². The van der Waals surface area contributed by atoms with E-state index in [9.17, 15) is 0 Å². The van der Waals surface area contributed by atoms with Gasteiger partial charge in [-0.1, -0.05) is 175 Å². The third kappa shape index (κ3) is 6.41. The first-order valence-corrected chi connectivity index (χ1v) is 30.0. The predicted octanol–water partition coefficient (Wildman–Crippen LogP) is 18.2. The molecular formula is C75H78BN3O. The van der Waals surface area contributed by atoms with Crippen molar-refractivity contribution in [3.8, 4) is 0 Å². The lowest BCUT2D eigenvalue weighted by molar-refractivity contribution is 0.195. The van der Waals surface area contributed by atoms with Crippen LogP contribution in [0, 0.1) is 13.8 Å².